The molecular formula is C15H20O5. The van der Waals surface area contributed by atoms with E-state index in [-0.39, 0.29) is 13.2 Å². The highest BCUT2D eigenvalue weighted by Gasteiger charge is 2.37. The quantitative estimate of drug-likeness (QED) is 0.635. The molecule has 0 aliphatic carbocycles. The van der Waals surface area contributed by atoms with Gasteiger partial charge in [0.1, 0.15) is 6.10 Å². The highest BCUT2D eigenvalue weighted by molar-refractivity contribution is 5.95. The van der Waals surface area contributed by atoms with Crippen molar-refractivity contribution in [2.45, 2.75) is 26.9 Å². The average molecular weight is 280 g/mol. The molecular weight excluding hydrogens is 260 g/mol. The van der Waals surface area contributed by atoms with Crippen LogP contribution >= 0.6 is 0 Å². The second-order valence-electron chi connectivity index (χ2n) is 4.34. The smallest absolute Gasteiger partial charge is 0.323 e. The highest BCUT2D eigenvalue weighted by atomic mass is 16.6. The number of carbonyl (C=O) groups excluding carboxylic acids is 2. The van der Waals surface area contributed by atoms with Gasteiger partial charge in [0.25, 0.3) is 0 Å². The second-order valence-corrected chi connectivity index (χ2v) is 4.34. The van der Waals surface area contributed by atoms with Crippen LogP contribution in [0.15, 0.2) is 24.3 Å². The van der Waals surface area contributed by atoms with E-state index >= 15 is 0 Å². The van der Waals surface area contributed by atoms with Gasteiger partial charge in [-0.25, -0.2) is 0 Å². The molecule has 0 fully saturated rings. The summed E-state index contributed by atoms with van der Waals surface area (Å²) in [6.45, 7) is 5.41. The Labute approximate surface area is 118 Å². The summed E-state index contributed by atoms with van der Waals surface area (Å²) in [4.78, 5) is 23.8. The standard InChI is InChI=1S/C15H20O5/c1-4-19-14(17)12(15(18)20-5-2)13(16)11-8-6-7-10(3)9-11/h6-9,12-13,16H,4-5H2,1-3H3. The van der Waals surface area contributed by atoms with Crippen LogP contribution in [-0.4, -0.2) is 30.3 Å². The Kier molecular flexibility index (Phi) is 6.18. The molecule has 0 saturated heterocycles. The normalized spacial score (nSPS) is 12.1. The van der Waals surface area contributed by atoms with E-state index in [1.54, 1.807) is 32.0 Å². The number of esters is 2. The minimum atomic E-state index is -1.36. The molecule has 0 spiro atoms. The minimum absolute atomic E-state index is 0.134. The SMILES string of the molecule is CCOC(=O)C(C(=O)OCC)C(O)c1cccc(C)c1. The molecule has 0 heterocycles. The Morgan fingerprint density at radius 1 is 1.15 bits per heavy atom. The van der Waals surface area contributed by atoms with Crippen molar-refractivity contribution in [3.8, 4) is 0 Å². The van der Waals surface area contributed by atoms with Crippen LogP contribution in [-0.2, 0) is 19.1 Å². The fourth-order valence-electron chi connectivity index (χ4n) is 1.86. The third kappa shape index (κ3) is 4.06. The summed E-state index contributed by atoms with van der Waals surface area (Å²) in [6.07, 6.45) is -1.28. The molecule has 5 nitrogen and oxygen atoms in total. The monoisotopic (exact) mass is 280 g/mol. The van der Waals surface area contributed by atoms with E-state index in [0.29, 0.717) is 5.56 Å². The molecule has 0 aliphatic rings. The second kappa shape index (κ2) is 7.65. The molecule has 0 radical (unpaired) electrons. The van der Waals surface area contributed by atoms with Gasteiger partial charge in [-0.05, 0) is 26.3 Å². The Morgan fingerprint density at radius 3 is 2.15 bits per heavy atom. The minimum Gasteiger partial charge on any atom is -0.465 e. The molecule has 1 rings (SSSR count). The number of aliphatic hydroxyl groups excluding tert-OH is 1. The number of hydrogen-bond acceptors (Lipinski definition) is 5. The van der Waals surface area contributed by atoms with Gasteiger partial charge in [-0.15, -0.1) is 0 Å². The van der Waals surface area contributed by atoms with E-state index in [9.17, 15) is 14.7 Å². The van der Waals surface area contributed by atoms with Gasteiger partial charge in [-0.3, -0.25) is 9.59 Å². The highest BCUT2D eigenvalue weighted by Crippen LogP contribution is 2.25. The van der Waals surface area contributed by atoms with Crippen molar-refractivity contribution >= 4 is 11.9 Å². The Morgan fingerprint density at radius 2 is 1.70 bits per heavy atom. The number of hydrogen-bond donors (Lipinski definition) is 1. The molecule has 1 unspecified atom stereocenters. The number of aliphatic hydroxyl groups is 1. The maximum absolute atomic E-state index is 11.9. The Bertz CT molecular complexity index is 451. The number of ether oxygens (including phenoxy) is 2. The number of benzene rings is 1. The van der Waals surface area contributed by atoms with Gasteiger partial charge in [-0.1, -0.05) is 29.8 Å². The van der Waals surface area contributed by atoms with E-state index < -0.39 is 24.0 Å². The van der Waals surface area contributed by atoms with Gasteiger partial charge < -0.3 is 14.6 Å². The lowest BCUT2D eigenvalue weighted by Gasteiger charge is -2.20. The average Bonchev–Trinajstić information content (AvgIpc) is 2.39. The first-order chi connectivity index (χ1) is 9.51. The molecule has 0 amide bonds. The third-order valence-corrected chi connectivity index (χ3v) is 2.78. The van der Waals surface area contributed by atoms with E-state index in [4.69, 9.17) is 9.47 Å². The fraction of sp³-hybridized carbons (Fsp3) is 0.467. The maximum Gasteiger partial charge on any atom is 0.323 e. The van der Waals surface area contributed by atoms with Gasteiger partial charge in [0.05, 0.1) is 13.2 Å². The van der Waals surface area contributed by atoms with Crippen molar-refractivity contribution in [2.24, 2.45) is 5.92 Å². The molecule has 1 aromatic rings. The summed E-state index contributed by atoms with van der Waals surface area (Å²) in [6, 6.07) is 6.99. The lowest BCUT2D eigenvalue weighted by atomic mass is 9.95. The summed E-state index contributed by atoms with van der Waals surface area (Å²) >= 11 is 0. The van der Waals surface area contributed by atoms with Crippen LogP contribution in [0.25, 0.3) is 0 Å². The van der Waals surface area contributed by atoms with Gasteiger partial charge in [0, 0.05) is 0 Å². The van der Waals surface area contributed by atoms with Gasteiger partial charge >= 0.3 is 11.9 Å². The molecule has 0 bridgehead atoms. The van der Waals surface area contributed by atoms with Crippen LogP contribution in [0.5, 0.6) is 0 Å². The van der Waals surface area contributed by atoms with Crippen LogP contribution in [0.4, 0.5) is 0 Å². The molecule has 0 saturated carbocycles. The zero-order valence-electron chi connectivity index (χ0n) is 12.0. The number of aryl methyl sites for hydroxylation is 1. The predicted octanol–water partition coefficient (Wildman–Crippen LogP) is 1.77. The van der Waals surface area contributed by atoms with Crippen LogP contribution in [0, 0.1) is 12.8 Å². The first kappa shape index (κ1) is 16.2. The summed E-state index contributed by atoms with van der Waals surface area (Å²) in [5.41, 5.74) is 1.41. The maximum atomic E-state index is 11.9. The predicted molar refractivity (Wildman–Crippen MR) is 72.9 cm³/mol. The third-order valence-electron chi connectivity index (χ3n) is 2.78. The molecule has 1 atom stereocenters. The van der Waals surface area contributed by atoms with Crippen molar-refractivity contribution in [3.63, 3.8) is 0 Å². The molecule has 20 heavy (non-hydrogen) atoms. The molecule has 110 valence electrons. The van der Waals surface area contributed by atoms with E-state index in [1.807, 2.05) is 13.0 Å². The van der Waals surface area contributed by atoms with Crippen molar-refractivity contribution in [3.05, 3.63) is 35.4 Å². The number of rotatable bonds is 6. The van der Waals surface area contributed by atoms with Gasteiger partial charge in [0.2, 0.25) is 0 Å². The Balaban J connectivity index is 3.02. The summed E-state index contributed by atoms with van der Waals surface area (Å²) in [5, 5.41) is 10.3. The van der Waals surface area contributed by atoms with Gasteiger partial charge in [-0.2, -0.15) is 0 Å². The molecule has 5 heteroatoms. The largest absolute Gasteiger partial charge is 0.465 e. The zero-order valence-corrected chi connectivity index (χ0v) is 12.0. The lowest BCUT2D eigenvalue weighted by molar-refractivity contribution is -0.167. The van der Waals surface area contributed by atoms with Crippen LogP contribution in [0.2, 0.25) is 0 Å². The number of carbonyl (C=O) groups is 2. The molecule has 0 aliphatic heterocycles. The Hall–Kier alpha value is -1.88. The molecule has 0 aromatic heterocycles. The molecule has 1 aromatic carbocycles. The van der Waals surface area contributed by atoms with E-state index in [2.05, 4.69) is 0 Å². The van der Waals surface area contributed by atoms with Gasteiger partial charge in [0.15, 0.2) is 5.92 Å². The van der Waals surface area contributed by atoms with Crippen molar-refractivity contribution < 1.29 is 24.2 Å². The van der Waals surface area contributed by atoms with Crippen LogP contribution < -0.4 is 0 Å². The first-order valence-corrected chi connectivity index (χ1v) is 6.59. The lowest BCUT2D eigenvalue weighted by Crippen LogP contribution is -2.33. The summed E-state index contributed by atoms with van der Waals surface area (Å²) < 4.78 is 9.69. The van der Waals surface area contributed by atoms with Crippen LogP contribution in [0.1, 0.15) is 31.1 Å². The molecule has 1 N–H and O–H groups in total. The zero-order chi connectivity index (χ0) is 15.1. The van der Waals surface area contributed by atoms with E-state index in [1.165, 1.54) is 0 Å². The summed E-state index contributed by atoms with van der Waals surface area (Å²) in [7, 11) is 0. The topological polar surface area (TPSA) is 72.8 Å². The van der Waals surface area contributed by atoms with Crippen LogP contribution in [0.3, 0.4) is 0 Å². The van der Waals surface area contributed by atoms with Crippen molar-refractivity contribution in [1.82, 2.24) is 0 Å². The van der Waals surface area contributed by atoms with Crippen molar-refractivity contribution in [2.75, 3.05) is 13.2 Å². The fourth-order valence-corrected chi connectivity index (χ4v) is 1.86. The van der Waals surface area contributed by atoms with Crippen molar-refractivity contribution in [1.29, 1.82) is 0 Å². The first-order valence-electron chi connectivity index (χ1n) is 6.59. The summed E-state index contributed by atoms with van der Waals surface area (Å²) in [5.74, 6) is -2.92. The van der Waals surface area contributed by atoms with E-state index in [0.717, 1.165) is 5.56 Å².